The van der Waals surface area contributed by atoms with E-state index in [0.29, 0.717) is 41.3 Å². The van der Waals surface area contributed by atoms with Gasteiger partial charge in [-0.1, -0.05) is 42.1 Å². The van der Waals surface area contributed by atoms with E-state index in [-0.39, 0.29) is 12.1 Å². The highest BCUT2D eigenvalue weighted by Gasteiger charge is 2.44. The Labute approximate surface area is 253 Å². The summed E-state index contributed by atoms with van der Waals surface area (Å²) in [5, 5.41) is 15.7. The summed E-state index contributed by atoms with van der Waals surface area (Å²) in [4.78, 5) is 63.4. The fraction of sp³-hybridized carbons (Fsp3) is 0.379. The standard InChI is InChI=1S/C29H36N8O5S/c1-34(2)28(35(3)4)31-16-10-9-13-21-27(39)36(29(40)33-21)23(25(30)38)17-19-18-11-5-6-12-20(18)32-26(19)43-24-15-8-7-14-22(24)37(41)42/h5-8,11-12,14-15,21,23,32H,9-10,13,16-17H2,1-4H3,(H2,30,38)(H,33,40)/t21-,23-/m0/s1. The Morgan fingerprint density at radius 2 is 1.77 bits per heavy atom. The molecule has 1 aliphatic rings. The van der Waals surface area contributed by atoms with Gasteiger partial charge in [0.05, 0.1) is 14.8 Å². The first-order chi connectivity index (χ1) is 20.5. The highest BCUT2D eigenvalue weighted by Crippen LogP contribution is 2.39. The van der Waals surface area contributed by atoms with Crippen LogP contribution in [0.25, 0.3) is 10.9 Å². The number of nitrogens with one attached hydrogen (secondary N) is 2. The molecule has 1 fully saturated rings. The molecular weight excluding hydrogens is 572 g/mol. The Morgan fingerprint density at radius 1 is 1.09 bits per heavy atom. The summed E-state index contributed by atoms with van der Waals surface area (Å²) in [5.74, 6) is -0.505. The molecule has 3 aromatic rings. The van der Waals surface area contributed by atoms with Gasteiger partial charge in [-0.25, -0.2) is 9.69 Å². The first-order valence-corrected chi connectivity index (χ1v) is 14.6. The number of nitrogens with two attached hydrogens (primary N) is 1. The number of imide groups is 1. The molecule has 1 aliphatic heterocycles. The number of benzene rings is 2. The van der Waals surface area contributed by atoms with Crippen LogP contribution in [-0.2, 0) is 16.0 Å². The second-order valence-corrected chi connectivity index (χ2v) is 11.7. The number of carbonyl (C=O) groups excluding carboxylic acids is 3. The van der Waals surface area contributed by atoms with Crippen molar-refractivity contribution in [3.8, 4) is 0 Å². The lowest BCUT2D eigenvalue weighted by Gasteiger charge is -2.23. The zero-order valence-electron chi connectivity index (χ0n) is 24.6. The van der Waals surface area contributed by atoms with E-state index in [4.69, 9.17) is 5.73 Å². The third kappa shape index (κ3) is 7.08. The number of aromatic nitrogens is 1. The minimum Gasteiger partial charge on any atom is -0.368 e. The predicted molar refractivity (Wildman–Crippen MR) is 165 cm³/mol. The SMILES string of the molecule is CN(C)C(=NCCCC[C@@H]1NC(=O)N([C@@H](Cc2c(Sc3ccccc3[N+](=O)[O-])[nH]c3ccccc23)C(N)=O)C1=O)N(C)C. The number of aromatic amines is 1. The van der Waals surface area contributed by atoms with Gasteiger partial charge < -0.3 is 25.8 Å². The maximum Gasteiger partial charge on any atom is 0.325 e. The van der Waals surface area contributed by atoms with Crippen LogP contribution in [0.3, 0.4) is 0 Å². The fourth-order valence-electron chi connectivity index (χ4n) is 5.14. The van der Waals surface area contributed by atoms with Crippen LogP contribution in [0.1, 0.15) is 24.8 Å². The molecule has 0 aliphatic carbocycles. The van der Waals surface area contributed by atoms with E-state index in [1.54, 1.807) is 18.2 Å². The van der Waals surface area contributed by atoms with Gasteiger partial charge in [0.1, 0.15) is 12.1 Å². The number of rotatable bonds is 12. The van der Waals surface area contributed by atoms with E-state index < -0.39 is 34.9 Å². The van der Waals surface area contributed by atoms with Crippen molar-refractivity contribution in [3.05, 3.63) is 64.2 Å². The quantitative estimate of drug-likeness (QED) is 0.0703. The van der Waals surface area contributed by atoms with Crippen LogP contribution in [0.15, 0.2) is 63.4 Å². The van der Waals surface area contributed by atoms with Gasteiger partial charge in [-0.15, -0.1) is 0 Å². The monoisotopic (exact) mass is 608 g/mol. The Bertz CT molecular complexity index is 1540. The number of aliphatic imine (C=N–C) groups is 1. The molecule has 0 unspecified atom stereocenters. The van der Waals surface area contributed by atoms with Crippen LogP contribution in [0.4, 0.5) is 10.5 Å². The molecular formula is C29H36N8O5S. The largest absolute Gasteiger partial charge is 0.368 e. The molecule has 13 nitrogen and oxygen atoms in total. The van der Waals surface area contributed by atoms with Crippen molar-refractivity contribution in [3.63, 3.8) is 0 Å². The number of unbranched alkanes of at least 4 members (excludes halogenated alkanes) is 1. The number of amides is 4. The molecule has 4 rings (SSSR count). The van der Waals surface area contributed by atoms with Crippen molar-refractivity contribution in [2.24, 2.45) is 10.7 Å². The zero-order chi connectivity index (χ0) is 31.3. The number of guanidine groups is 1. The van der Waals surface area contributed by atoms with E-state index in [1.165, 1.54) is 6.07 Å². The Balaban J connectivity index is 1.53. The van der Waals surface area contributed by atoms with E-state index in [9.17, 15) is 24.5 Å². The second-order valence-electron chi connectivity index (χ2n) is 10.6. The van der Waals surface area contributed by atoms with Crippen LogP contribution in [0, 0.1) is 10.1 Å². The van der Waals surface area contributed by atoms with Crippen molar-refractivity contribution >= 4 is 52.2 Å². The first kappa shape index (κ1) is 31.3. The van der Waals surface area contributed by atoms with Crippen LogP contribution in [-0.4, -0.2) is 95.2 Å². The predicted octanol–water partition coefficient (Wildman–Crippen LogP) is 3.19. The van der Waals surface area contributed by atoms with Crippen LogP contribution < -0.4 is 11.1 Å². The number of para-hydroxylation sites is 2. The van der Waals surface area contributed by atoms with Gasteiger partial charge in [0, 0.05) is 58.1 Å². The lowest BCUT2D eigenvalue weighted by atomic mass is 10.0. The van der Waals surface area contributed by atoms with Gasteiger partial charge in [0.2, 0.25) is 5.91 Å². The topological polar surface area (TPSA) is 170 Å². The van der Waals surface area contributed by atoms with Gasteiger partial charge in [-0.05, 0) is 37.0 Å². The van der Waals surface area contributed by atoms with E-state index >= 15 is 0 Å². The first-order valence-electron chi connectivity index (χ1n) is 13.8. The number of nitro benzene ring substituents is 1. The Hall–Kier alpha value is -4.59. The van der Waals surface area contributed by atoms with Gasteiger partial charge in [-0.3, -0.25) is 24.7 Å². The number of H-pyrrole nitrogens is 1. The number of hydrogen-bond acceptors (Lipinski definition) is 7. The minimum absolute atomic E-state index is 0.0548. The van der Waals surface area contributed by atoms with Crippen LogP contribution in [0.2, 0.25) is 0 Å². The normalized spacial score (nSPS) is 15.3. The molecule has 0 bridgehead atoms. The third-order valence-corrected chi connectivity index (χ3v) is 8.21. The summed E-state index contributed by atoms with van der Waals surface area (Å²) in [6.45, 7) is 0.564. The lowest BCUT2D eigenvalue weighted by molar-refractivity contribution is -0.387. The maximum absolute atomic E-state index is 13.4. The number of hydrogen-bond donors (Lipinski definition) is 3. The van der Waals surface area contributed by atoms with Crippen molar-refractivity contribution in [1.82, 2.24) is 25.0 Å². The van der Waals surface area contributed by atoms with Crippen molar-refractivity contribution in [1.29, 1.82) is 0 Å². The van der Waals surface area contributed by atoms with Crippen molar-refractivity contribution < 1.29 is 19.3 Å². The average molecular weight is 609 g/mol. The minimum atomic E-state index is -1.26. The van der Waals surface area contributed by atoms with Gasteiger partial charge in [0.15, 0.2) is 5.96 Å². The van der Waals surface area contributed by atoms with Crippen molar-refractivity contribution in [2.45, 2.75) is 47.7 Å². The number of nitrogens with zero attached hydrogens (tertiary/aromatic N) is 5. The molecule has 0 spiro atoms. The zero-order valence-corrected chi connectivity index (χ0v) is 25.4. The smallest absolute Gasteiger partial charge is 0.325 e. The highest BCUT2D eigenvalue weighted by atomic mass is 32.2. The molecule has 4 N–H and O–H groups in total. The molecule has 228 valence electrons. The molecule has 1 aromatic heterocycles. The molecule has 2 atom stereocenters. The average Bonchev–Trinajstić information content (AvgIpc) is 3.43. The summed E-state index contributed by atoms with van der Waals surface area (Å²) >= 11 is 1.14. The van der Waals surface area contributed by atoms with E-state index in [1.807, 2.05) is 62.3 Å². The van der Waals surface area contributed by atoms with Crippen molar-refractivity contribution in [2.75, 3.05) is 34.7 Å². The number of primary amides is 1. The van der Waals surface area contributed by atoms with Crippen LogP contribution >= 0.6 is 11.8 Å². The Morgan fingerprint density at radius 3 is 2.44 bits per heavy atom. The van der Waals surface area contributed by atoms with Gasteiger partial charge >= 0.3 is 6.03 Å². The van der Waals surface area contributed by atoms with Crippen LogP contribution in [0.5, 0.6) is 0 Å². The Kier molecular flexibility index (Phi) is 9.91. The summed E-state index contributed by atoms with van der Waals surface area (Å²) in [6.07, 6.45) is 1.70. The summed E-state index contributed by atoms with van der Waals surface area (Å²) in [5.41, 5.74) is 7.09. The molecule has 2 heterocycles. The third-order valence-electron chi connectivity index (χ3n) is 7.09. The van der Waals surface area contributed by atoms with E-state index in [2.05, 4.69) is 15.3 Å². The molecule has 43 heavy (non-hydrogen) atoms. The summed E-state index contributed by atoms with van der Waals surface area (Å²) in [7, 11) is 7.66. The van der Waals surface area contributed by atoms with Gasteiger partial charge in [0.25, 0.3) is 11.6 Å². The summed E-state index contributed by atoms with van der Waals surface area (Å²) in [6, 6.07) is 11.0. The number of urea groups is 1. The molecule has 0 saturated carbocycles. The molecule has 14 heteroatoms. The molecule has 1 saturated heterocycles. The second kappa shape index (κ2) is 13.6. The summed E-state index contributed by atoms with van der Waals surface area (Å²) < 4.78 is 0. The van der Waals surface area contributed by atoms with E-state index in [0.717, 1.165) is 33.5 Å². The molecule has 2 aromatic carbocycles. The molecule has 0 radical (unpaired) electrons. The number of carbonyl (C=O) groups is 3. The maximum atomic E-state index is 13.4. The fourth-order valence-corrected chi connectivity index (χ4v) is 6.23. The number of fused-ring (bicyclic) bond motifs is 1. The lowest BCUT2D eigenvalue weighted by Crippen LogP contribution is -2.49. The molecule has 4 amide bonds. The number of nitro groups is 1. The highest BCUT2D eigenvalue weighted by molar-refractivity contribution is 7.99. The van der Waals surface area contributed by atoms with Gasteiger partial charge in [-0.2, -0.15) is 0 Å².